The minimum Gasteiger partial charge on any atom is -0.382 e. The van der Waals surface area contributed by atoms with Crippen molar-refractivity contribution in [2.24, 2.45) is 0 Å². The molecule has 0 bridgehead atoms. The number of benzene rings is 1. The maximum atomic E-state index is 13.8. The van der Waals surface area contributed by atoms with E-state index in [-0.39, 0.29) is 21.6 Å². The molecule has 1 aromatic carbocycles. The number of hydrogen-bond donors (Lipinski definition) is 1. The second-order valence-corrected chi connectivity index (χ2v) is 8.61. The Bertz CT molecular complexity index is 883. The number of rotatable bonds is 2. The highest BCUT2D eigenvalue weighted by Gasteiger charge is 2.51. The molecule has 1 aliphatic carbocycles. The predicted molar refractivity (Wildman–Crippen MR) is 76.4 cm³/mol. The molecular formula is C14H10F4O3S2. The first kappa shape index (κ1) is 16.4. The van der Waals surface area contributed by atoms with Crippen LogP contribution in [-0.4, -0.2) is 25.7 Å². The van der Waals surface area contributed by atoms with Crippen molar-refractivity contribution < 1.29 is 31.1 Å². The fraction of sp³-hybridized carbons (Fsp3) is 0.286. The minimum absolute atomic E-state index is 0.0232. The second-order valence-electron chi connectivity index (χ2n) is 5.38. The third-order valence-electron chi connectivity index (χ3n) is 3.56. The molecular weight excluding hydrogens is 356 g/mol. The van der Waals surface area contributed by atoms with Crippen molar-refractivity contribution in [1.29, 1.82) is 0 Å². The molecule has 2 aromatic rings. The van der Waals surface area contributed by atoms with Gasteiger partial charge in [0.25, 0.3) is 5.92 Å². The minimum atomic E-state index is -3.88. The number of thiophene rings is 1. The van der Waals surface area contributed by atoms with Gasteiger partial charge < -0.3 is 5.11 Å². The SMILES string of the molecule is CS(=O)(=O)c1sc(-c2cc(F)cc(F)c2)c2c1[C@H](O)C(F)(F)C2. The highest BCUT2D eigenvalue weighted by atomic mass is 32.2. The van der Waals surface area contributed by atoms with Crippen LogP contribution in [0.1, 0.15) is 17.2 Å². The van der Waals surface area contributed by atoms with E-state index in [1.165, 1.54) is 0 Å². The lowest BCUT2D eigenvalue weighted by Gasteiger charge is -2.14. The zero-order valence-electron chi connectivity index (χ0n) is 11.6. The molecule has 1 aliphatic rings. The number of aliphatic hydroxyl groups excluding tert-OH is 1. The number of sulfone groups is 1. The first-order chi connectivity index (χ1) is 10.5. The number of alkyl halides is 2. The lowest BCUT2D eigenvalue weighted by Crippen LogP contribution is -2.22. The zero-order chi connectivity index (χ0) is 17.2. The standard InChI is InChI=1S/C14H10F4O3S2/c1-23(20,21)13-10-9(5-14(17,18)12(10)19)11(22-13)6-2-7(15)4-8(16)3-6/h2-4,12,19H,5H2,1H3/t12-/m0/s1. The molecule has 1 aromatic heterocycles. The third-order valence-corrected chi connectivity index (χ3v) is 6.70. The molecule has 3 nitrogen and oxygen atoms in total. The van der Waals surface area contributed by atoms with Gasteiger partial charge >= 0.3 is 0 Å². The molecule has 1 heterocycles. The maximum absolute atomic E-state index is 13.8. The summed E-state index contributed by atoms with van der Waals surface area (Å²) in [5.41, 5.74) is -0.497. The van der Waals surface area contributed by atoms with Crippen LogP contribution < -0.4 is 0 Å². The zero-order valence-corrected chi connectivity index (χ0v) is 13.2. The number of hydrogen-bond acceptors (Lipinski definition) is 4. The molecule has 0 saturated carbocycles. The van der Waals surface area contributed by atoms with Crippen LogP contribution >= 0.6 is 11.3 Å². The Morgan fingerprint density at radius 1 is 1.22 bits per heavy atom. The van der Waals surface area contributed by atoms with Gasteiger partial charge in [0.2, 0.25) is 0 Å². The Morgan fingerprint density at radius 2 is 1.78 bits per heavy atom. The Kier molecular flexibility index (Phi) is 3.58. The van der Waals surface area contributed by atoms with Crippen molar-refractivity contribution in [2.45, 2.75) is 22.7 Å². The van der Waals surface area contributed by atoms with Gasteiger partial charge in [-0.15, -0.1) is 11.3 Å². The highest BCUT2D eigenvalue weighted by molar-refractivity contribution is 7.92. The first-order valence-corrected chi connectivity index (χ1v) is 9.09. The van der Waals surface area contributed by atoms with Crippen molar-refractivity contribution in [3.63, 3.8) is 0 Å². The third kappa shape index (κ3) is 2.66. The topological polar surface area (TPSA) is 54.4 Å². The van der Waals surface area contributed by atoms with Crippen LogP contribution in [0.25, 0.3) is 10.4 Å². The summed E-state index contributed by atoms with van der Waals surface area (Å²) < 4.78 is 77.6. The van der Waals surface area contributed by atoms with Gasteiger partial charge in [-0.1, -0.05) is 0 Å². The number of fused-ring (bicyclic) bond motifs is 1. The van der Waals surface area contributed by atoms with Crippen LogP contribution in [0.2, 0.25) is 0 Å². The van der Waals surface area contributed by atoms with E-state index in [1.54, 1.807) is 0 Å². The van der Waals surface area contributed by atoms with E-state index < -0.39 is 44.1 Å². The van der Waals surface area contributed by atoms with Crippen molar-refractivity contribution in [2.75, 3.05) is 6.26 Å². The average Bonchev–Trinajstić information content (AvgIpc) is 2.84. The summed E-state index contributed by atoms with van der Waals surface area (Å²) in [5.74, 6) is -5.35. The van der Waals surface area contributed by atoms with Crippen LogP contribution in [0, 0.1) is 11.6 Å². The van der Waals surface area contributed by atoms with Gasteiger partial charge in [-0.3, -0.25) is 0 Å². The largest absolute Gasteiger partial charge is 0.382 e. The van der Waals surface area contributed by atoms with Crippen LogP contribution in [0.15, 0.2) is 22.4 Å². The fourth-order valence-electron chi connectivity index (χ4n) is 2.64. The molecule has 0 amide bonds. The van der Waals surface area contributed by atoms with Crippen LogP contribution in [0.5, 0.6) is 0 Å². The molecule has 1 N–H and O–H groups in total. The lowest BCUT2D eigenvalue weighted by atomic mass is 10.1. The quantitative estimate of drug-likeness (QED) is 0.830. The van der Waals surface area contributed by atoms with Crippen LogP contribution in [0.4, 0.5) is 17.6 Å². The number of halogens is 4. The van der Waals surface area contributed by atoms with Crippen molar-refractivity contribution >= 4 is 21.2 Å². The summed E-state index contributed by atoms with van der Waals surface area (Å²) in [7, 11) is -3.88. The highest BCUT2D eigenvalue weighted by Crippen LogP contribution is 2.53. The van der Waals surface area contributed by atoms with Crippen LogP contribution in [-0.2, 0) is 16.3 Å². The van der Waals surface area contributed by atoms with Gasteiger partial charge in [0.05, 0.1) is 0 Å². The lowest BCUT2D eigenvalue weighted by molar-refractivity contribution is -0.0975. The average molecular weight is 366 g/mol. The summed E-state index contributed by atoms with van der Waals surface area (Å²) >= 11 is 0.629. The van der Waals surface area contributed by atoms with E-state index in [1.807, 2.05) is 0 Å². The van der Waals surface area contributed by atoms with Gasteiger partial charge in [0.15, 0.2) is 9.84 Å². The summed E-state index contributed by atoms with van der Waals surface area (Å²) in [6.07, 6.45) is -2.31. The van der Waals surface area contributed by atoms with Gasteiger partial charge in [-0.25, -0.2) is 26.0 Å². The Labute approximate surface area is 133 Å². The predicted octanol–water partition coefficient (Wildman–Crippen LogP) is 3.32. The van der Waals surface area contributed by atoms with Crippen LogP contribution in [0.3, 0.4) is 0 Å². The van der Waals surface area contributed by atoms with Gasteiger partial charge in [0.1, 0.15) is 21.9 Å². The van der Waals surface area contributed by atoms with Gasteiger partial charge in [-0.05, 0) is 23.3 Å². The van der Waals surface area contributed by atoms with Crippen molar-refractivity contribution in [1.82, 2.24) is 0 Å². The number of aliphatic hydroxyl groups is 1. The Balaban J connectivity index is 2.31. The normalized spacial score (nSPS) is 19.8. The molecule has 3 rings (SSSR count). The molecule has 23 heavy (non-hydrogen) atoms. The summed E-state index contributed by atoms with van der Waals surface area (Å²) in [6.45, 7) is 0. The molecule has 0 saturated heterocycles. The Morgan fingerprint density at radius 3 is 2.30 bits per heavy atom. The monoisotopic (exact) mass is 366 g/mol. The molecule has 1 atom stereocenters. The summed E-state index contributed by atoms with van der Waals surface area (Å²) in [6, 6.07) is 2.49. The van der Waals surface area contributed by atoms with E-state index in [9.17, 15) is 31.1 Å². The smallest absolute Gasteiger partial charge is 0.281 e. The first-order valence-electron chi connectivity index (χ1n) is 6.38. The molecule has 124 valence electrons. The maximum Gasteiger partial charge on any atom is 0.281 e. The second kappa shape index (κ2) is 5.02. The van der Waals surface area contributed by atoms with E-state index >= 15 is 0 Å². The fourth-order valence-corrected chi connectivity index (χ4v) is 5.21. The summed E-state index contributed by atoms with van der Waals surface area (Å²) in [5, 5.41) is 9.77. The van der Waals surface area contributed by atoms with Crippen molar-refractivity contribution in [3.8, 4) is 10.4 Å². The molecule has 0 aliphatic heterocycles. The van der Waals surface area contributed by atoms with E-state index in [2.05, 4.69) is 0 Å². The van der Waals surface area contributed by atoms with E-state index in [0.717, 1.165) is 18.4 Å². The molecule has 9 heteroatoms. The molecule has 0 fully saturated rings. The van der Waals surface area contributed by atoms with Gasteiger partial charge in [-0.2, -0.15) is 0 Å². The Hall–Kier alpha value is -1.45. The van der Waals surface area contributed by atoms with E-state index in [0.29, 0.717) is 17.4 Å². The summed E-state index contributed by atoms with van der Waals surface area (Å²) in [4.78, 5) is 0.0232. The molecule has 0 radical (unpaired) electrons. The molecule has 0 spiro atoms. The van der Waals surface area contributed by atoms with E-state index in [4.69, 9.17) is 0 Å². The molecule has 0 unspecified atom stereocenters. The van der Waals surface area contributed by atoms with Crippen molar-refractivity contribution in [3.05, 3.63) is 41.0 Å². The van der Waals surface area contributed by atoms with Gasteiger partial charge in [0, 0.05) is 29.2 Å².